The molecule has 7 heteroatoms. The number of hydrogen-bond acceptors (Lipinski definition) is 7. The third kappa shape index (κ3) is 6.22. The maximum absolute atomic E-state index is 12.6. The Bertz CT molecular complexity index is 814. The second kappa shape index (κ2) is 9.93. The van der Waals surface area contributed by atoms with E-state index >= 15 is 0 Å². The molecule has 7 nitrogen and oxygen atoms in total. The van der Waals surface area contributed by atoms with Gasteiger partial charge in [-0.3, -0.25) is 4.79 Å². The molecule has 2 rings (SSSR count). The molecule has 0 aliphatic rings. The minimum atomic E-state index is -2.02. The number of carbonyl (C=O) groups excluding carboxylic acids is 2. The Labute approximate surface area is 169 Å². The van der Waals surface area contributed by atoms with E-state index in [0.717, 1.165) is 0 Å². The average Bonchev–Trinajstić information content (AvgIpc) is 2.71. The zero-order chi connectivity index (χ0) is 21.4. The molecule has 0 amide bonds. The predicted molar refractivity (Wildman–Crippen MR) is 105 cm³/mol. The fourth-order valence-corrected chi connectivity index (χ4v) is 2.68. The third-order valence-corrected chi connectivity index (χ3v) is 4.84. The van der Waals surface area contributed by atoms with E-state index in [0.29, 0.717) is 17.5 Å². The van der Waals surface area contributed by atoms with Crippen molar-refractivity contribution in [1.82, 2.24) is 0 Å². The first-order valence-electron chi connectivity index (χ1n) is 9.35. The number of phenolic OH excluding ortho intramolecular Hbond substituents is 2. The minimum Gasteiger partial charge on any atom is -0.508 e. The molecule has 2 aromatic rings. The molecular weight excluding hydrogens is 376 g/mol. The van der Waals surface area contributed by atoms with Crippen molar-refractivity contribution in [3.8, 4) is 11.5 Å². The predicted octanol–water partition coefficient (Wildman–Crippen LogP) is 3.05. The molecule has 0 aliphatic heterocycles. The molecule has 0 aliphatic carbocycles. The van der Waals surface area contributed by atoms with Crippen molar-refractivity contribution in [3.05, 3.63) is 59.7 Å². The van der Waals surface area contributed by atoms with Gasteiger partial charge in [-0.25, -0.2) is 4.79 Å². The van der Waals surface area contributed by atoms with E-state index in [1.54, 1.807) is 38.1 Å². The van der Waals surface area contributed by atoms with Gasteiger partial charge in [-0.2, -0.15) is 0 Å². The van der Waals surface area contributed by atoms with Gasteiger partial charge in [-0.1, -0.05) is 44.5 Å². The Morgan fingerprint density at radius 2 is 1.34 bits per heavy atom. The summed E-state index contributed by atoms with van der Waals surface area (Å²) in [6, 6.07) is 12.3. The highest BCUT2D eigenvalue weighted by atomic mass is 16.6. The van der Waals surface area contributed by atoms with E-state index in [-0.39, 0.29) is 24.7 Å². The van der Waals surface area contributed by atoms with Crippen LogP contribution >= 0.6 is 0 Å². The summed E-state index contributed by atoms with van der Waals surface area (Å²) >= 11 is 0. The Morgan fingerprint density at radius 1 is 0.897 bits per heavy atom. The highest BCUT2D eigenvalue weighted by Gasteiger charge is 2.44. The number of rotatable bonds is 9. The van der Waals surface area contributed by atoms with E-state index < -0.39 is 29.9 Å². The van der Waals surface area contributed by atoms with Crippen LogP contribution in [0.5, 0.6) is 11.5 Å². The first kappa shape index (κ1) is 22.2. The Hall–Kier alpha value is -3.06. The molecule has 2 atom stereocenters. The van der Waals surface area contributed by atoms with Gasteiger partial charge in [0.1, 0.15) is 24.7 Å². The van der Waals surface area contributed by atoms with Crippen molar-refractivity contribution >= 4 is 11.9 Å². The summed E-state index contributed by atoms with van der Waals surface area (Å²) in [5.74, 6) is -1.98. The highest BCUT2D eigenvalue weighted by Crippen LogP contribution is 2.27. The molecule has 0 saturated carbocycles. The summed E-state index contributed by atoms with van der Waals surface area (Å²) in [6.45, 7) is 3.32. The number of aromatic hydroxyl groups is 2. The van der Waals surface area contributed by atoms with Crippen molar-refractivity contribution in [3.63, 3.8) is 0 Å². The zero-order valence-electron chi connectivity index (χ0n) is 16.5. The molecule has 156 valence electrons. The van der Waals surface area contributed by atoms with Crippen LogP contribution in [-0.2, 0) is 32.3 Å². The summed E-state index contributed by atoms with van der Waals surface area (Å²) in [5.41, 5.74) is -0.715. The number of ether oxygens (including phenoxy) is 2. The van der Waals surface area contributed by atoms with Gasteiger partial charge in [0, 0.05) is 0 Å². The van der Waals surface area contributed by atoms with E-state index in [1.165, 1.54) is 24.3 Å². The quantitative estimate of drug-likeness (QED) is 0.553. The molecular formula is C22H26O7. The van der Waals surface area contributed by atoms with E-state index in [9.17, 15) is 24.9 Å². The lowest BCUT2D eigenvalue weighted by atomic mass is 9.84. The van der Waals surface area contributed by atoms with Crippen molar-refractivity contribution < 1.29 is 34.4 Å². The van der Waals surface area contributed by atoms with E-state index in [4.69, 9.17) is 9.47 Å². The Morgan fingerprint density at radius 3 is 1.79 bits per heavy atom. The number of aliphatic hydroxyl groups is 1. The van der Waals surface area contributed by atoms with Crippen LogP contribution in [0.25, 0.3) is 0 Å². The molecule has 0 aromatic heterocycles. The maximum Gasteiger partial charge on any atom is 0.339 e. The first-order chi connectivity index (χ1) is 13.7. The topological polar surface area (TPSA) is 113 Å². The first-order valence-corrected chi connectivity index (χ1v) is 9.35. The molecule has 29 heavy (non-hydrogen) atoms. The number of carbonyl (C=O) groups is 2. The van der Waals surface area contributed by atoms with E-state index in [2.05, 4.69) is 0 Å². The van der Waals surface area contributed by atoms with Crippen LogP contribution < -0.4 is 0 Å². The monoisotopic (exact) mass is 402 g/mol. The average molecular weight is 402 g/mol. The Balaban J connectivity index is 1.99. The summed E-state index contributed by atoms with van der Waals surface area (Å²) in [5, 5.41) is 29.5. The van der Waals surface area contributed by atoms with Gasteiger partial charge >= 0.3 is 11.9 Å². The summed E-state index contributed by atoms with van der Waals surface area (Å²) in [6.07, 6.45) is -0.0788. The van der Waals surface area contributed by atoms with Crippen LogP contribution in [0.1, 0.15) is 37.8 Å². The largest absolute Gasteiger partial charge is 0.508 e. The van der Waals surface area contributed by atoms with Crippen LogP contribution in [-0.4, -0.2) is 32.9 Å². The summed E-state index contributed by atoms with van der Waals surface area (Å²) < 4.78 is 10.4. The SMILES string of the molecule is CCC(C)C(O)(CC(=O)OCc1ccc(O)cc1)C(=O)OCc1ccc(O)cc1. The van der Waals surface area contributed by atoms with Crippen LogP contribution in [0.4, 0.5) is 0 Å². The molecule has 3 N–H and O–H groups in total. The van der Waals surface area contributed by atoms with E-state index in [1.807, 2.05) is 0 Å². The van der Waals surface area contributed by atoms with Crippen LogP contribution in [0, 0.1) is 5.92 Å². The van der Waals surface area contributed by atoms with Gasteiger partial charge < -0.3 is 24.8 Å². The van der Waals surface area contributed by atoms with Gasteiger partial charge in [-0.05, 0) is 41.3 Å². The van der Waals surface area contributed by atoms with Gasteiger partial charge in [0.15, 0.2) is 5.60 Å². The molecule has 0 heterocycles. The molecule has 0 spiro atoms. The maximum atomic E-state index is 12.6. The highest BCUT2D eigenvalue weighted by molar-refractivity contribution is 5.86. The standard InChI is InChI=1S/C22H26O7/c1-3-15(2)22(27,21(26)29-14-17-6-10-19(24)11-7-17)12-20(25)28-13-16-4-8-18(23)9-5-16/h4-11,15,23-24,27H,3,12-14H2,1-2H3. The Kier molecular flexibility index (Phi) is 7.61. The van der Waals surface area contributed by atoms with Gasteiger partial charge in [0.25, 0.3) is 0 Å². The fraction of sp³-hybridized carbons (Fsp3) is 0.364. The molecule has 0 fully saturated rings. The van der Waals surface area contributed by atoms with Crippen molar-refractivity contribution in [2.24, 2.45) is 5.92 Å². The van der Waals surface area contributed by atoms with Gasteiger partial charge in [0.05, 0.1) is 6.42 Å². The lowest BCUT2D eigenvalue weighted by Crippen LogP contribution is -2.47. The van der Waals surface area contributed by atoms with Crippen molar-refractivity contribution in [2.45, 2.75) is 45.5 Å². The molecule has 0 bridgehead atoms. The van der Waals surface area contributed by atoms with Crippen molar-refractivity contribution in [1.29, 1.82) is 0 Å². The number of esters is 2. The third-order valence-electron chi connectivity index (χ3n) is 4.84. The minimum absolute atomic E-state index is 0.0434. The molecule has 0 radical (unpaired) electrons. The summed E-state index contributed by atoms with van der Waals surface area (Å²) in [7, 11) is 0. The van der Waals surface area contributed by atoms with Gasteiger partial charge in [-0.15, -0.1) is 0 Å². The number of phenols is 2. The van der Waals surface area contributed by atoms with Crippen LogP contribution in [0.2, 0.25) is 0 Å². The fourth-order valence-electron chi connectivity index (χ4n) is 2.68. The smallest absolute Gasteiger partial charge is 0.339 e. The second-order valence-corrected chi connectivity index (χ2v) is 6.98. The second-order valence-electron chi connectivity index (χ2n) is 6.98. The molecule has 0 saturated heterocycles. The van der Waals surface area contributed by atoms with Crippen LogP contribution in [0.3, 0.4) is 0 Å². The number of benzene rings is 2. The normalized spacial score (nSPS) is 13.9. The van der Waals surface area contributed by atoms with Gasteiger partial charge in [0.2, 0.25) is 0 Å². The zero-order valence-corrected chi connectivity index (χ0v) is 16.5. The summed E-state index contributed by atoms with van der Waals surface area (Å²) in [4.78, 5) is 24.9. The van der Waals surface area contributed by atoms with Crippen LogP contribution in [0.15, 0.2) is 48.5 Å². The number of hydrogen-bond donors (Lipinski definition) is 3. The lowest BCUT2D eigenvalue weighted by Gasteiger charge is -2.30. The lowest BCUT2D eigenvalue weighted by molar-refractivity contribution is -0.180. The molecule has 2 aromatic carbocycles. The van der Waals surface area contributed by atoms with Crippen molar-refractivity contribution in [2.75, 3.05) is 0 Å². The molecule has 2 unspecified atom stereocenters.